The lowest BCUT2D eigenvalue weighted by molar-refractivity contribution is 0.394. The Morgan fingerprint density at radius 2 is 1.74 bits per heavy atom. The molecule has 0 atom stereocenters. The Bertz CT molecular complexity index is 539. The van der Waals surface area contributed by atoms with Crippen LogP contribution in [0.25, 0.3) is 0 Å². The highest BCUT2D eigenvalue weighted by Gasteiger charge is 2.00. The summed E-state index contributed by atoms with van der Waals surface area (Å²) in [6.45, 7) is 0. The van der Waals surface area contributed by atoms with E-state index < -0.39 is 0 Å². The zero-order valence-electron chi connectivity index (χ0n) is 10.4. The van der Waals surface area contributed by atoms with Crippen molar-refractivity contribution in [1.29, 1.82) is 0 Å². The second-order valence-corrected chi connectivity index (χ2v) is 3.90. The largest absolute Gasteiger partial charge is 0.481 e. The molecular weight excluding hydrogens is 316 g/mol. The minimum atomic E-state index is 0.208. The van der Waals surface area contributed by atoms with Crippen LogP contribution in [0.3, 0.4) is 0 Å². The summed E-state index contributed by atoms with van der Waals surface area (Å²) in [6.07, 6.45) is 3.09. The van der Waals surface area contributed by atoms with E-state index in [-0.39, 0.29) is 11.9 Å². The van der Waals surface area contributed by atoms with Gasteiger partial charge in [0.15, 0.2) is 0 Å². The van der Waals surface area contributed by atoms with Gasteiger partial charge in [-0.2, -0.15) is 9.97 Å². The van der Waals surface area contributed by atoms with Crippen molar-refractivity contribution in [2.24, 2.45) is 0 Å². The van der Waals surface area contributed by atoms with E-state index in [1.807, 2.05) is 0 Å². The van der Waals surface area contributed by atoms with Crippen LogP contribution in [0, 0.1) is 0 Å². The van der Waals surface area contributed by atoms with Gasteiger partial charge in [0.1, 0.15) is 0 Å². The second kappa shape index (κ2) is 7.31. The molecule has 0 saturated carbocycles. The predicted octanol–water partition coefficient (Wildman–Crippen LogP) is 0.897. The Kier molecular flexibility index (Phi) is 5.73. The van der Waals surface area contributed by atoms with Gasteiger partial charge in [-0.3, -0.25) is 0 Å². The van der Waals surface area contributed by atoms with Crippen molar-refractivity contribution < 1.29 is 9.47 Å². The lowest BCUT2D eigenvalue weighted by Crippen LogP contribution is -1.97. The van der Waals surface area contributed by atoms with Gasteiger partial charge in [-0.15, -0.1) is 0 Å². The van der Waals surface area contributed by atoms with Gasteiger partial charge in [0.05, 0.1) is 24.9 Å². The minimum Gasteiger partial charge on any atom is -0.481 e. The van der Waals surface area contributed by atoms with Gasteiger partial charge >= 0.3 is 0 Å². The number of aromatic nitrogens is 4. The fraction of sp³-hybridized carbons (Fsp3) is 0.200. The van der Waals surface area contributed by atoms with Gasteiger partial charge in [-0.25, -0.2) is 9.97 Å². The van der Waals surface area contributed by atoms with Gasteiger partial charge in [-0.05, 0) is 15.9 Å². The highest BCUT2D eigenvalue weighted by atomic mass is 79.9. The molecule has 2 heterocycles. The van der Waals surface area contributed by atoms with Crippen LogP contribution >= 0.6 is 15.9 Å². The van der Waals surface area contributed by atoms with Crippen molar-refractivity contribution in [2.75, 3.05) is 25.7 Å². The summed E-state index contributed by atoms with van der Waals surface area (Å²) in [7, 11) is 3.05. The van der Waals surface area contributed by atoms with E-state index in [0.29, 0.717) is 16.2 Å². The van der Waals surface area contributed by atoms with Crippen LogP contribution in [0.4, 0.5) is 11.9 Å². The lowest BCUT2D eigenvalue weighted by atomic mass is 10.6. The average Bonchev–Trinajstić information content (AvgIpc) is 2.42. The van der Waals surface area contributed by atoms with E-state index in [1.54, 1.807) is 18.5 Å². The third-order valence-corrected chi connectivity index (χ3v) is 2.33. The molecule has 0 spiro atoms. The van der Waals surface area contributed by atoms with Gasteiger partial charge in [0.2, 0.25) is 23.7 Å². The molecule has 2 aromatic heterocycles. The summed E-state index contributed by atoms with van der Waals surface area (Å²) in [4.78, 5) is 14.9. The van der Waals surface area contributed by atoms with Crippen LogP contribution in [0.15, 0.2) is 22.9 Å². The Morgan fingerprint density at radius 3 is 2.21 bits per heavy atom. The predicted molar refractivity (Wildman–Crippen MR) is 73.7 cm³/mol. The van der Waals surface area contributed by atoms with Crippen LogP contribution in [-0.2, 0) is 0 Å². The molecule has 0 bridgehead atoms. The molecule has 19 heavy (non-hydrogen) atoms. The Hall–Kier alpha value is -2.16. The smallest absolute Gasteiger partial charge is 0.232 e. The molecule has 4 N–H and O–H groups in total. The van der Waals surface area contributed by atoms with Gasteiger partial charge in [0.25, 0.3) is 0 Å². The van der Waals surface area contributed by atoms with Crippen LogP contribution < -0.4 is 20.9 Å². The standard InChI is InChI=1S/C5H6BrN3O.C5H7N3O/c1-10-4-3(6)2-8-5(7)9-4;1-9-4-2-3-7-5(6)8-4/h2H,1H3,(H2,7,8,9);2-3H,1H3,(H2,6,7,8). The molecule has 0 radical (unpaired) electrons. The van der Waals surface area contributed by atoms with E-state index in [0.717, 1.165) is 0 Å². The minimum absolute atomic E-state index is 0.208. The van der Waals surface area contributed by atoms with Crippen LogP contribution in [0.1, 0.15) is 0 Å². The molecular formula is C10H13BrN6O2. The van der Waals surface area contributed by atoms with Crippen molar-refractivity contribution in [3.05, 3.63) is 22.9 Å². The molecule has 0 saturated heterocycles. The fourth-order valence-electron chi connectivity index (χ4n) is 0.978. The highest BCUT2D eigenvalue weighted by molar-refractivity contribution is 9.10. The zero-order valence-corrected chi connectivity index (χ0v) is 12.0. The van der Waals surface area contributed by atoms with Gasteiger partial charge < -0.3 is 20.9 Å². The Labute approximate surface area is 118 Å². The van der Waals surface area contributed by atoms with Crippen molar-refractivity contribution in [2.45, 2.75) is 0 Å². The summed E-state index contributed by atoms with van der Waals surface area (Å²) < 4.78 is 10.3. The molecule has 102 valence electrons. The number of hydrogen-bond acceptors (Lipinski definition) is 8. The SMILES string of the molecule is COc1ccnc(N)n1.COc1nc(N)ncc1Br. The van der Waals surface area contributed by atoms with E-state index in [2.05, 4.69) is 35.9 Å². The molecule has 0 fully saturated rings. The van der Waals surface area contributed by atoms with Gasteiger partial charge in [0, 0.05) is 12.3 Å². The number of rotatable bonds is 2. The van der Waals surface area contributed by atoms with Crippen molar-refractivity contribution in [3.8, 4) is 11.8 Å². The summed E-state index contributed by atoms with van der Waals surface area (Å²) in [5.74, 6) is 1.38. The number of halogens is 1. The summed E-state index contributed by atoms with van der Waals surface area (Å²) in [6, 6.07) is 1.64. The zero-order chi connectivity index (χ0) is 14.3. The maximum Gasteiger partial charge on any atom is 0.232 e. The molecule has 0 aliphatic carbocycles. The molecule has 0 unspecified atom stereocenters. The number of methoxy groups -OCH3 is 2. The first-order valence-electron chi connectivity index (χ1n) is 5.01. The topological polar surface area (TPSA) is 122 Å². The first-order chi connectivity index (χ1) is 9.06. The molecule has 9 heteroatoms. The van der Waals surface area contributed by atoms with E-state index in [4.69, 9.17) is 20.9 Å². The fourth-order valence-corrected chi connectivity index (χ4v) is 1.33. The number of nitrogens with two attached hydrogens (primary N) is 2. The van der Waals surface area contributed by atoms with E-state index in [9.17, 15) is 0 Å². The lowest BCUT2D eigenvalue weighted by Gasteiger charge is -1.99. The first-order valence-corrected chi connectivity index (χ1v) is 5.80. The quantitative estimate of drug-likeness (QED) is 0.833. The van der Waals surface area contributed by atoms with Crippen LogP contribution in [0.5, 0.6) is 11.8 Å². The first kappa shape index (κ1) is 14.9. The molecule has 0 aliphatic rings. The van der Waals surface area contributed by atoms with Crippen molar-refractivity contribution in [1.82, 2.24) is 19.9 Å². The van der Waals surface area contributed by atoms with Crippen molar-refractivity contribution >= 4 is 27.8 Å². The summed E-state index contributed by atoms with van der Waals surface area (Å²) in [5, 5.41) is 0. The number of hydrogen-bond donors (Lipinski definition) is 2. The Balaban J connectivity index is 0.000000191. The molecule has 2 aromatic rings. The molecule has 8 nitrogen and oxygen atoms in total. The maximum absolute atomic E-state index is 5.28. The molecule has 0 aliphatic heterocycles. The molecule has 0 amide bonds. The normalized spacial score (nSPS) is 9.21. The van der Waals surface area contributed by atoms with Gasteiger partial charge in [-0.1, -0.05) is 0 Å². The summed E-state index contributed by atoms with van der Waals surface area (Å²) in [5.41, 5.74) is 10.5. The van der Waals surface area contributed by atoms with E-state index in [1.165, 1.54) is 14.2 Å². The van der Waals surface area contributed by atoms with E-state index >= 15 is 0 Å². The highest BCUT2D eigenvalue weighted by Crippen LogP contribution is 2.20. The second-order valence-electron chi connectivity index (χ2n) is 3.04. The third-order valence-electron chi connectivity index (χ3n) is 1.78. The summed E-state index contributed by atoms with van der Waals surface area (Å²) >= 11 is 3.19. The number of anilines is 2. The Morgan fingerprint density at radius 1 is 1.05 bits per heavy atom. The molecule has 0 aromatic carbocycles. The molecule has 2 rings (SSSR count). The monoisotopic (exact) mass is 328 g/mol. The number of nitrogen functional groups attached to an aromatic ring is 2. The number of nitrogens with zero attached hydrogens (tertiary/aromatic N) is 4. The van der Waals surface area contributed by atoms with Crippen LogP contribution in [-0.4, -0.2) is 34.2 Å². The maximum atomic E-state index is 5.28. The van der Waals surface area contributed by atoms with Crippen molar-refractivity contribution in [3.63, 3.8) is 0 Å². The van der Waals surface area contributed by atoms with Crippen LogP contribution in [0.2, 0.25) is 0 Å². The third kappa shape index (κ3) is 4.92. The average molecular weight is 329 g/mol. The number of ether oxygens (including phenoxy) is 2.